The minimum Gasteiger partial charge on any atom is -0.497 e. The summed E-state index contributed by atoms with van der Waals surface area (Å²) < 4.78 is 10.7. The molecule has 3 atom stereocenters. The molecular weight excluding hydrogens is 458 g/mol. The van der Waals surface area contributed by atoms with E-state index in [4.69, 9.17) is 14.5 Å². The van der Waals surface area contributed by atoms with Crippen LogP contribution < -0.4 is 9.47 Å². The number of carbonyl (C=O) groups excluding carboxylic acids is 2. The number of nitrogens with zero attached hydrogens (tertiary/aromatic N) is 3. The second-order valence-corrected chi connectivity index (χ2v) is 9.25. The fourth-order valence-electron chi connectivity index (χ4n) is 5.09. The molecule has 186 valence electrons. The van der Waals surface area contributed by atoms with Gasteiger partial charge in [0.1, 0.15) is 17.3 Å². The number of amidine groups is 1. The fraction of sp³-hybridized carbons (Fsp3) is 0.321. The Balaban J connectivity index is 1.49. The van der Waals surface area contributed by atoms with E-state index >= 15 is 0 Å². The maximum Gasteiger partial charge on any atom is 0.265 e. The molecule has 2 amide bonds. The Morgan fingerprint density at radius 1 is 1.08 bits per heavy atom. The van der Waals surface area contributed by atoms with E-state index in [0.29, 0.717) is 34.1 Å². The summed E-state index contributed by atoms with van der Waals surface area (Å²) in [7, 11) is 3.06. The number of ether oxygens (including phenoxy) is 2. The zero-order chi connectivity index (χ0) is 25.6. The first-order chi connectivity index (χ1) is 17.3. The van der Waals surface area contributed by atoms with E-state index in [1.54, 1.807) is 37.4 Å². The number of benzene rings is 2. The van der Waals surface area contributed by atoms with Crippen molar-refractivity contribution in [3.63, 3.8) is 0 Å². The fourth-order valence-corrected chi connectivity index (χ4v) is 5.09. The molecule has 1 aliphatic carbocycles. The van der Waals surface area contributed by atoms with Gasteiger partial charge in [-0.05, 0) is 37.1 Å². The largest absolute Gasteiger partial charge is 0.497 e. The molecule has 0 saturated heterocycles. The molecule has 36 heavy (non-hydrogen) atoms. The molecule has 0 spiro atoms. The molecule has 0 aromatic heterocycles. The third kappa shape index (κ3) is 3.87. The highest BCUT2D eigenvalue weighted by Crippen LogP contribution is 2.40. The molecule has 5 rings (SSSR count). The third-order valence-corrected chi connectivity index (χ3v) is 7.02. The van der Waals surface area contributed by atoms with Gasteiger partial charge in [-0.2, -0.15) is 0 Å². The monoisotopic (exact) mass is 487 g/mol. The predicted molar refractivity (Wildman–Crippen MR) is 136 cm³/mol. The number of rotatable bonds is 6. The van der Waals surface area contributed by atoms with Gasteiger partial charge >= 0.3 is 0 Å². The molecule has 0 radical (unpaired) electrons. The van der Waals surface area contributed by atoms with E-state index in [1.807, 2.05) is 17.9 Å². The lowest BCUT2D eigenvalue weighted by Crippen LogP contribution is -2.48. The van der Waals surface area contributed by atoms with Crippen molar-refractivity contribution < 1.29 is 24.2 Å². The lowest BCUT2D eigenvalue weighted by molar-refractivity contribution is 0.0245. The zero-order valence-electron chi connectivity index (χ0n) is 20.8. The summed E-state index contributed by atoms with van der Waals surface area (Å²) in [6.45, 7) is 4.23. The maximum atomic E-state index is 13.2. The van der Waals surface area contributed by atoms with Crippen LogP contribution in [0.4, 0.5) is 5.69 Å². The molecule has 2 heterocycles. The van der Waals surface area contributed by atoms with E-state index in [0.717, 1.165) is 5.57 Å². The molecule has 8 nitrogen and oxygen atoms in total. The van der Waals surface area contributed by atoms with Crippen LogP contribution in [0.2, 0.25) is 0 Å². The van der Waals surface area contributed by atoms with Crippen molar-refractivity contribution in [3.05, 3.63) is 76.9 Å². The Labute approximate surface area is 210 Å². The summed E-state index contributed by atoms with van der Waals surface area (Å²) in [4.78, 5) is 34.3. The lowest BCUT2D eigenvalue weighted by Gasteiger charge is -2.43. The van der Waals surface area contributed by atoms with E-state index in [1.165, 1.54) is 12.0 Å². The van der Waals surface area contributed by atoms with E-state index < -0.39 is 6.23 Å². The first-order valence-electron chi connectivity index (χ1n) is 12.0. The summed E-state index contributed by atoms with van der Waals surface area (Å²) in [6, 6.07) is 10.3. The van der Waals surface area contributed by atoms with E-state index in [2.05, 4.69) is 25.2 Å². The van der Waals surface area contributed by atoms with Crippen LogP contribution in [0.15, 0.2) is 65.2 Å². The first kappa shape index (κ1) is 23.8. The Kier molecular flexibility index (Phi) is 6.14. The van der Waals surface area contributed by atoms with Crippen molar-refractivity contribution in [2.45, 2.75) is 32.5 Å². The summed E-state index contributed by atoms with van der Waals surface area (Å²) >= 11 is 0. The second-order valence-electron chi connectivity index (χ2n) is 9.25. The molecule has 0 bridgehead atoms. The Bertz CT molecular complexity index is 1330. The highest BCUT2D eigenvalue weighted by atomic mass is 16.5. The van der Waals surface area contributed by atoms with E-state index in [-0.39, 0.29) is 42.3 Å². The second kappa shape index (κ2) is 9.28. The van der Waals surface area contributed by atoms with Crippen LogP contribution in [0.5, 0.6) is 11.5 Å². The van der Waals surface area contributed by atoms with Crippen LogP contribution in [0.1, 0.15) is 52.8 Å². The van der Waals surface area contributed by atoms with Crippen molar-refractivity contribution in [2.24, 2.45) is 10.9 Å². The lowest BCUT2D eigenvalue weighted by atomic mass is 9.90. The molecule has 2 aliphatic heterocycles. The highest BCUT2D eigenvalue weighted by molar-refractivity contribution is 6.22. The molecule has 2 aromatic rings. The Morgan fingerprint density at radius 2 is 1.89 bits per heavy atom. The normalized spacial score (nSPS) is 22.8. The van der Waals surface area contributed by atoms with Crippen molar-refractivity contribution in [1.29, 1.82) is 0 Å². The number of aliphatic hydroxyl groups excluding tert-OH is 1. The minimum atomic E-state index is -0.941. The van der Waals surface area contributed by atoms with Crippen molar-refractivity contribution >= 4 is 23.3 Å². The van der Waals surface area contributed by atoms with Gasteiger partial charge in [0.25, 0.3) is 11.8 Å². The number of hydrogen-bond acceptors (Lipinski definition) is 7. The minimum absolute atomic E-state index is 0.122. The number of allylic oxidation sites excluding steroid dienone is 2. The molecule has 0 saturated carbocycles. The van der Waals surface area contributed by atoms with Gasteiger partial charge in [-0.25, -0.2) is 4.99 Å². The van der Waals surface area contributed by atoms with Gasteiger partial charge in [0.2, 0.25) is 0 Å². The van der Waals surface area contributed by atoms with Crippen LogP contribution >= 0.6 is 0 Å². The Hall–Kier alpha value is -3.91. The van der Waals surface area contributed by atoms with Crippen LogP contribution in [-0.4, -0.2) is 59.4 Å². The van der Waals surface area contributed by atoms with Gasteiger partial charge in [-0.3, -0.25) is 14.5 Å². The zero-order valence-corrected chi connectivity index (χ0v) is 20.8. The molecule has 8 heteroatoms. The average molecular weight is 488 g/mol. The summed E-state index contributed by atoms with van der Waals surface area (Å²) in [6.07, 6.45) is 5.64. The van der Waals surface area contributed by atoms with Crippen LogP contribution in [0, 0.1) is 5.92 Å². The molecule has 3 unspecified atom stereocenters. The number of carbonyl (C=O) groups is 2. The van der Waals surface area contributed by atoms with Crippen molar-refractivity contribution in [2.75, 3.05) is 20.8 Å². The average Bonchev–Trinajstić information content (AvgIpc) is 3.13. The van der Waals surface area contributed by atoms with Crippen molar-refractivity contribution in [1.82, 2.24) is 9.80 Å². The summed E-state index contributed by atoms with van der Waals surface area (Å²) in [5.41, 5.74) is 3.00. The van der Waals surface area contributed by atoms with Gasteiger partial charge in [-0.15, -0.1) is 0 Å². The first-order valence-corrected chi connectivity index (χ1v) is 12.0. The standard InChI is InChI=1S/C28H29N3O5/c1-16-8-9-17(2)22(14-16)31-24(29-21-15-18(35-3)10-11-19(21)27(31)33)12-13-30-26(32)20-6-5-7-23(36-4)25(20)28(30)34/h5-11,14-15,17,22,27,33H,12-13H2,1-4H3. The number of imide groups is 1. The van der Waals surface area contributed by atoms with Gasteiger partial charge in [-0.1, -0.05) is 36.8 Å². The number of aliphatic hydroxyl groups is 1. The summed E-state index contributed by atoms with van der Waals surface area (Å²) in [5, 5.41) is 11.5. The smallest absolute Gasteiger partial charge is 0.265 e. The van der Waals surface area contributed by atoms with E-state index in [9.17, 15) is 14.7 Å². The SMILES string of the molecule is COc1ccc2c(c1)N=C(CCN1C(=O)c3cccc(OC)c3C1=O)N(C1C=C(C)C=CC1C)C2O. The number of methoxy groups -OCH3 is 2. The quantitative estimate of drug-likeness (QED) is 0.613. The topological polar surface area (TPSA) is 91.7 Å². The molecule has 1 N–H and O–H groups in total. The molecule has 0 fully saturated rings. The Morgan fingerprint density at radius 3 is 2.64 bits per heavy atom. The molecule has 2 aromatic carbocycles. The maximum absolute atomic E-state index is 13.2. The predicted octanol–water partition coefficient (Wildman–Crippen LogP) is 4.25. The van der Waals surface area contributed by atoms with Crippen LogP contribution in [0.3, 0.4) is 0 Å². The van der Waals surface area contributed by atoms with Gasteiger partial charge in [0.15, 0.2) is 6.23 Å². The van der Waals surface area contributed by atoms with Crippen LogP contribution in [0.25, 0.3) is 0 Å². The highest BCUT2D eigenvalue weighted by Gasteiger charge is 2.40. The number of hydrogen-bond donors (Lipinski definition) is 1. The number of aliphatic imine (C=N–C) groups is 1. The number of fused-ring (bicyclic) bond motifs is 2. The third-order valence-electron chi connectivity index (χ3n) is 7.02. The van der Waals surface area contributed by atoms with Crippen LogP contribution in [-0.2, 0) is 0 Å². The number of amides is 2. The molecule has 3 aliphatic rings. The van der Waals surface area contributed by atoms with Gasteiger partial charge in [0, 0.05) is 24.6 Å². The molecular formula is C28H29N3O5. The summed E-state index contributed by atoms with van der Waals surface area (Å²) in [5.74, 6) is 0.992. The van der Waals surface area contributed by atoms with Gasteiger partial charge < -0.3 is 19.5 Å². The van der Waals surface area contributed by atoms with Crippen molar-refractivity contribution in [3.8, 4) is 11.5 Å². The van der Waals surface area contributed by atoms with Gasteiger partial charge in [0.05, 0.1) is 37.1 Å².